The van der Waals surface area contributed by atoms with Crippen LogP contribution >= 0.6 is 0 Å². The highest BCUT2D eigenvalue weighted by Crippen LogP contribution is 2.19. The van der Waals surface area contributed by atoms with E-state index >= 15 is 0 Å². The van der Waals surface area contributed by atoms with Gasteiger partial charge in [0.1, 0.15) is 23.9 Å². The normalized spacial score (nSPS) is 10.3. The van der Waals surface area contributed by atoms with Crippen molar-refractivity contribution >= 4 is 17.5 Å². The molecule has 0 unspecified atom stereocenters. The number of hydrogen-bond donors (Lipinski definition) is 2. The molecule has 1 aromatic heterocycles. The smallest absolute Gasteiger partial charge is 0.287 e. The molecule has 0 aliphatic carbocycles. The number of para-hydroxylation sites is 1. The van der Waals surface area contributed by atoms with Crippen molar-refractivity contribution in [1.29, 1.82) is 0 Å². The summed E-state index contributed by atoms with van der Waals surface area (Å²) in [6, 6.07) is 17.8. The average molecular weight is 394 g/mol. The van der Waals surface area contributed by atoms with Crippen molar-refractivity contribution in [2.24, 2.45) is 0 Å². The summed E-state index contributed by atoms with van der Waals surface area (Å²) >= 11 is 0. The SMILES string of the molecule is COc1ccc(NC(=O)CNC(=O)c2ccc(COc3ccccc3C)o2)cc1. The molecule has 2 amide bonds. The van der Waals surface area contributed by atoms with Crippen LogP contribution in [0, 0.1) is 6.92 Å². The van der Waals surface area contributed by atoms with Gasteiger partial charge in [0.05, 0.1) is 13.7 Å². The summed E-state index contributed by atoms with van der Waals surface area (Å²) in [7, 11) is 1.57. The van der Waals surface area contributed by atoms with Gasteiger partial charge in [0.2, 0.25) is 5.91 Å². The van der Waals surface area contributed by atoms with Crippen molar-refractivity contribution in [2.75, 3.05) is 19.0 Å². The van der Waals surface area contributed by atoms with Crippen LogP contribution in [0.4, 0.5) is 5.69 Å². The van der Waals surface area contributed by atoms with Gasteiger partial charge in [-0.1, -0.05) is 18.2 Å². The number of nitrogens with one attached hydrogen (secondary N) is 2. The van der Waals surface area contributed by atoms with Gasteiger partial charge < -0.3 is 24.5 Å². The van der Waals surface area contributed by atoms with Gasteiger partial charge in [0.15, 0.2) is 5.76 Å². The van der Waals surface area contributed by atoms with Crippen LogP contribution in [-0.4, -0.2) is 25.5 Å². The third-order valence-electron chi connectivity index (χ3n) is 4.13. The Morgan fingerprint density at radius 1 is 1.00 bits per heavy atom. The molecule has 0 bridgehead atoms. The maximum absolute atomic E-state index is 12.2. The van der Waals surface area contributed by atoms with Gasteiger partial charge in [-0.15, -0.1) is 0 Å². The molecule has 150 valence electrons. The molecule has 0 atom stereocenters. The molecule has 0 radical (unpaired) electrons. The van der Waals surface area contributed by atoms with Crippen LogP contribution in [0.2, 0.25) is 0 Å². The lowest BCUT2D eigenvalue weighted by Crippen LogP contribution is -2.32. The number of aryl methyl sites for hydroxylation is 1. The number of hydrogen-bond acceptors (Lipinski definition) is 5. The quantitative estimate of drug-likeness (QED) is 0.610. The van der Waals surface area contributed by atoms with Gasteiger partial charge in [-0.2, -0.15) is 0 Å². The van der Waals surface area contributed by atoms with Crippen LogP contribution in [0.3, 0.4) is 0 Å². The van der Waals surface area contributed by atoms with E-state index in [4.69, 9.17) is 13.9 Å². The van der Waals surface area contributed by atoms with E-state index in [1.807, 2.05) is 31.2 Å². The first-order valence-corrected chi connectivity index (χ1v) is 9.04. The second kappa shape index (κ2) is 9.45. The van der Waals surface area contributed by atoms with Gasteiger partial charge in [-0.3, -0.25) is 9.59 Å². The molecule has 7 nitrogen and oxygen atoms in total. The molecule has 3 aromatic rings. The van der Waals surface area contributed by atoms with E-state index in [1.165, 1.54) is 0 Å². The highest BCUT2D eigenvalue weighted by atomic mass is 16.5. The monoisotopic (exact) mass is 394 g/mol. The molecule has 0 fully saturated rings. The fourth-order valence-electron chi connectivity index (χ4n) is 2.57. The van der Waals surface area contributed by atoms with Crippen LogP contribution in [-0.2, 0) is 11.4 Å². The van der Waals surface area contributed by atoms with Gasteiger partial charge in [-0.25, -0.2) is 0 Å². The zero-order chi connectivity index (χ0) is 20.6. The predicted molar refractivity (Wildman–Crippen MR) is 108 cm³/mol. The summed E-state index contributed by atoms with van der Waals surface area (Å²) in [5, 5.41) is 5.22. The van der Waals surface area contributed by atoms with Gasteiger partial charge in [0.25, 0.3) is 5.91 Å². The first-order chi connectivity index (χ1) is 14.0. The van der Waals surface area contributed by atoms with Crippen molar-refractivity contribution in [3.63, 3.8) is 0 Å². The van der Waals surface area contributed by atoms with Crippen LogP contribution in [0.5, 0.6) is 11.5 Å². The first kappa shape index (κ1) is 20.0. The Kier molecular flexibility index (Phi) is 6.52. The largest absolute Gasteiger partial charge is 0.497 e. The zero-order valence-electron chi connectivity index (χ0n) is 16.2. The molecule has 2 N–H and O–H groups in total. The minimum absolute atomic E-state index is 0.116. The molecule has 29 heavy (non-hydrogen) atoms. The molecule has 2 aromatic carbocycles. The third kappa shape index (κ3) is 5.62. The van der Waals surface area contributed by atoms with E-state index in [0.717, 1.165) is 11.3 Å². The Labute approximate surface area is 168 Å². The van der Waals surface area contributed by atoms with Crippen LogP contribution in [0.1, 0.15) is 21.9 Å². The number of methoxy groups -OCH3 is 1. The predicted octanol–water partition coefficient (Wildman–Crippen LogP) is 3.54. The van der Waals surface area contributed by atoms with Crippen molar-refractivity contribution in [3.05, 3.63) is 77.7 Å². The molecular formula is C22H22N2O5. The summed E-state index contributed by atoms with van der Waals surface area (Å²) in [6.07, 6.45) is 0. The van der Waals surface area contributed by atoms with Crippen molar-refractivity contribution in [2.45, 2.75) is 13.5 Å². The first-order valence-electron chi connectivity index (χ1n) is 9.04. The summed E-state index contributed by atoms with van der Waals surface area (Å²) in [5.74, 6) is 1.25. The van der Waals surface area contributed by atoms with Gasteiger partial charge in [-0.05, 0) is 55.0 Å². The second-order valence-corrected chi connectivity index (χ2v) is 6.28. The van der Waals surface area contributed by atoms with Crippen molar-refractivity contribution in [1.82, 2.24) is 5.32 Å². The molecule has 7 heteroatoms. The molecule has 3 rings (SSSR count). The summed E-state index contributed by atoms with van der Waals surface area (Å²) in [5.41, 5.74) is 1.62. The Hall–Kier alpha value is -3.74. The number of carbonyl (C=O) groups is 2. The minimum Gasteiger partial charge on any atom is -0.497 e. The Morgan fingerprint density at radius 3 is 2.48 bits per heavy atom. The number of anilines is 1. The van der Waals surface area contributed by atoms with E-state index in [0.29, 0.717) is 17.2 Å². The fraction of sp³-hybridized carbons (Fsp3) is 0.182. The topological polar surface area (TPSA) is 89.8 Å². The number of benzene rings is 2. The van der Waals surface area contributed by atoms with Crippen LogP contribution in [0.15, 0.2) is 65.1 Å². The van der Waals surface area contributed by atoms with Gasteiger partial charge >= 0.3 is 0 Å². The second-order valence-electron chi connectivity index (χ2n) is 6.28. The maximum atomic E-state index is 12.2. The maximum Gasteiger partial charge on any atom is 0.287 e. The Bertz CT molecular complexity index is 979. The number of carbonyl (C=O) groups excluding carboxylic acids is 2. The molecule has 0 aliphatic heterocycles. The van der Waals surface area contributed by atoms with E-state index in [-0.39, 0.29) is 24.8 Å². The van der Waals surface area contributed by atoms with Crippen LogP contribution < -0.4 is 20.1 Å². The molecule has 1 heterocycles. The Balaban J connectivity index is 1.47. The third-order valence-corrected chi connectivity index (χ3v) is 4.13. The number of rotatable bonds is 8. The van der Waals surface area contributed by atoms with Crippen molar-refractivity contribution in [3.8, 4) is 11.5 Å². The summed E-state index contributed by atoms with van der Waals surface area (Å²) in [6.45, 7) is 1.98. The van der Waals surface area contributed by atoms with E-state index in [2.05, 4.69) is 10.6 Å². The zero-order valence-corrected chi connectivity index (χ0v) is 16.2. The molecule has 0 spiro atoms. The lowest BCUT2D eigenvalue weighted by molar-refractivity contribution is -0.115. The highest BCUT2D eigenvalue weighted by Gasteiger charge is 2.13. The van der Waals surface area contributed by atoms with E-state index < -0.39 is 5.91 Å². The van der Waals surface area contributed by atoms with Crippen LogP contribution in [0.25, 0.3) is 0 Å². The van der Waals surface area contributed by atoms with Crippen molar-refractivity contribution < 1.29 is 23.5 Å². The summed E-state index contributed by atoms with van der Waals surface area (Å²) < 4.78 is 16.3. The molecule has 0 saturated heterocycles. The number of furan rings is 1. The molecule has 0 aliphatic rings. The van der Waals surface area contributed by atoms with E-state index in [1.54, 1.807) is 43.5 Å². The summed E-state index contributed by atoms with van der Waals surface area (Å²) in [4.78, 5) is 24.2. The highest BCUT2D eigenvalue weighted by molar-refractivity contribution is 5.98. The Morgan fingerprint density at radius 2 is 1.76 bits per heavy atom. The molecular weight excluding hydrogens is 372 g/mol. The minimum atomic E-state index is -0.475. The fourth-order valence-corrected chi connectivity index (χ4v) is 2.57. The number of amides is 2. The van der Waals surface area contributed by atoms with Gasteiger partial charge in [0, 0.05) is 5.69 Å². The standard InChI is InChI=1S/C22H22N2O5/c1-15-5-3-4-6-19(15)28-14-18-11-12-20(29-18)22(26)23-13-21(25)24-16-7-9-17(27-2)10-8-16/h3-12H,13-14H2,1-2H3,(H,23,26)(H,24,25). The average Bonchev–Trinajstić information content (AvgIpc) is 3.21. The lowest BCUT2D eigenvalue weighted by Gasteiger charge is -2.07. The van der Waals surface area contributed by atoms with E-state index in [9.17, 15) is 9.59 Å². The lowest BCUT2D eigenvalue weighted by atomic mass is 10.2. The number of ether oxygens (including phenoxy) is 2. The molecule has 0 saturated carbocycles.